The second-order valence-corrected chi connectivity index (χ2v) is 7.19. The summed E-state index contributed by atoms with van der Waals surface area (Å²) in [5.74, 6) is 0. The molecule has 3 rings (SSSR count). The fourth-order valence-electron chi connectivity index (χ4n) is 3.49. The molecule has 1 N–H and O–H groups in total. The molecule has 1 atom stereocenters. The Morgan fingerprint density at radius 3 is 2.35 bits per heavy atom. The van der Waals surface area contributed by atoms with Gasteiger partial charge in [0.15, 0.2) is 0 Å². The molecule has 0 spiro atoms. The predicted octanol–water partition coefficient (Wildman–Crippen LogP) is 4.97. The molecule has 1 saturated heterocycles. The van der Waals surface area contributed by atoms with Gasteiger partial charge in [-0.2, -0.15) is 13.2 Å². The molecule has 1 fully saturated rings. The Balaban J connectivity index is 2.16. The quantitative estimate of drug-likeness (QED) is 0.806. The number of alkyl halides is 3. The number of halogens is 4. The van der Waals surface area contributed by atoms with Gasteiger partial charge in [0.05, 0.1) is 11.6 Å². The van der Waals surface area contributed by atoms with Crippen LogP contribution in [0, 0.1) is 13.8 Å². The number of nitrogens with one attached hydrogen (secondary N) is 1. The van der Waals surface area contributed by atoms with Crippen molar-refractivity contribution in [3.05, 3.63) is 69.2 Å². The molecule has 1 unspecified atom stereocenters. The van der Waals surface area contributed by atoms with Crippen molar-refractivity contribution in [3.8, 4) is 0 Å². The Labute approximate surface area is 157 Å². The summed E-state index contributed by atoms with van der Waals surface area (Å²) in [6.45, 7) is 7.10. The molecular weight excluding hydrogens is 361 g/mol. The van der Waals surface area contributed by atoms with E-state index < -0.39 is 11.7 Å². The molecule has 6 heteroatoms. The van der Waals surface area contributed by atoms with E-state index in [1.54, 1.807) is 0 Å². The number of nitrogens with zero attached hydrogens (tertiary/aromatic N) is 1. The first-order valence-corrected chi connectivity index (χ1v) is 9.04. The van der Waals surface area contributed by atoms with Crippen molar-refractivity contribution < 1.29 is 13.2 Å². The fourth-order valence-corrected chi connectivity index (χ4v) is 3.71. The monoisotopic (exact) mass is 382 g/mol. The molecule has 1 aliphatic rings. The van der Waals surface area contributed by atoms with Crippen LogP contribution in [0.5, 0.6) is 0 Å². The lowest BCUT2D eigenvalue weighted by Crippen LogP contribution is -2.45. The average molecular weight is 383 g/mol. The van der Waals surface area contributed by atoms with Gasteiger partial charge < -0.3 is 5.32 Å². The van der Waals surface area contributed by atoms with Gasteiger partial charge >= 0.3 is 6.18 Å². The van der Waals surface area contributed by atoms with Crippen LogP contribution in [0.25, 0.3) is 0 Å². The van der Waals surface area contributed by atoms with Crippen molar-refractivity contribution in [2.75, 3.05) is 26.2 Å². The van der Waals surface area contributed by atoms with Crippen molar-refractivity contribution in [2.45, 2.75) is 26.1 Å². The first-order chi connectivity index (χ1) is 12.3. The van der Waals surface area contributed by atoms with Gasteiger partial charge in [-0.3, -0.25) is 4.90 Å². The summed E-state index contributed by atoms with van der Waals surface area (Å²) in [5.41, 5.74) is 2.98. The topological polar surface area (TPSA) is 15.3 Å². The summed E-state index contributed by atoms with van der Waals surface area (Å²) in [6.07, 6.45) is -4.39. The van der Waals surface area contributed by atoms with E-state index in [1.165, 1.54) is 12.1 Å². The molecule has 0 aliphatic carbocycles. The number of aryl methyl sites for hydroxylation is 2. The van der Waals surface area contributed by atoms with E-state index in [4.69, 9.17) is 11.6 Å². The predicted molar refractivity (Wildman–Crippen MR) is 98.7 cm³/mol. The zero-order chi connectivity index (χ0) is 18.9. The smallest absolute Gasteiger partial charge is 0.314 e. The number of piperazine rings is 1. The largest absolute Gasteiger partial charge is 0.416 e. The van der Waals surface area contributed by atoms with Crippen LogP contribution < -0.4 is 5.32 Å². The van der Waals surface area contributed by atoms with E-state index in [9.17, 15) is 13.2 Å². The summed E-state index contributed by atoms with van der Waals surface area (Å²) in [4.78, 5) is 2.21. The van der Waals surface area contributed by atoms with Crippen LogP contribution in [-0.2, 0) is 6.18 Å². The molecule has 140 valence electrons. The van der Waals surface area contributed by atoms with Gasteiger partial charge in [-0.15, -0.1) is 0 Å². The molecule has 26 heavy (non-hydrogen) atoms. The molecule has 0 aromatic heterocycles. The molecule has 2 aromatic rings. The summed E-state index contributed by atoms with van der Waals surface area (Å²) >= 11 is 6.39. The number of hydrogen-bond acceptors (Lipinski definition) is 2. The van der Waals surface area contributed by atoms with Gasteiger partial charge in [0.25, 0.3) is 0 Å². The van der Waals surface area contributed by atoms with Crippen LogP contribution in [0.1, 0.15) is 33.9 Å². The molecule has 2 aromatic carbocycles. The van der Waals surface area contributed by atoms with Gasteiger partial charge in [0.1, 0.15) is 0 Å². The first kappa shape index (κ1) is 19.2. The van der Waals surface area contributed by atoms with Crippen molar-refractivity contribution in [1.29, 1.82) is 0 Å². The van der Waals surface area contributed by atoms with Crippen LogP contribution in [-0.4, -0.2) is 31.1 Å². The third-order valence-electron chi connectivity index (χ3n) is 4.86. The van der Waals surface area contributed by atoms with Crippen molar-refractivity contribution >= 4 is 11.6 Å². The van der Waals surface area contributed by atoms with E-state index in [2.05, 4.69) is 16.3 Å². The zero-order valence-corrected chi connectivity index (χ0v) is 15.6. The lowest BCUT2D eigenvalue weighted by atomic mass is 9.91. The molecule has 0 amide bonds. The van der Waals surface area contributed by atoms with Crippen LogP contribution in [0.4, 0.5) is 13.2 Å². The van der Waals surface area contributed by atoms with Gasteiger partial charge in [-0.1, -0.05) is 35.4 Å². The lowest BCUT2D eigenvalue weighted by Gasteiger charge is -2.37. The third kappa shape index (κ3) is 4.05. The second kappa shape index (κ2) is 7.59. The maximum atomic E-state index is 13.3. The Hall–Kier alpha value is -1.56. The Morgan fingerprint density at radius 1 is 1.00 bits per heavy atom. The summed E-state index contributed by atoms with van der Waals surface area (Å²) in [6, 6.07) is 9.40. The first-order valence-electron chi connectivity index (χ1n) is 8.66. The summed E-state index contributed by atoms with van der Waals surface area (Å²) < 4.78 is 39.9. The maximum absolute atomic E-state index is 13.3. The highest BCUT2D eigenvalue weighted by Crippen LogP contribution is 2.39. The molecule has 0 saturated carbocycles. The highest BCUT2D eigenvalue weighted by atomic mass is 35.5. The number of hydrogen-bond donors (Lipinski definition) is 1. The Kier molecular flexibility index (Phi) is 5.61. The van der Waals surface area contributed by atoms with E-state index in [0.29, 0.717) is 10.6 Å². The van der Waals surface area contributed by atoms with Gasteiger partial charge in [-0.05, 0) is 48.7 Å². The lowest BCUT2D eigenvalue weighted by molar-refractivity contribution is -0.137. The second-order valence-electron chi connectivity index (χ2n) is 6.78. The van der Waals surface area contributed by atoms with E-state index in [0.717, 1.165) is 48.9 Å². The highest BCUT2D eigenvalue weighted by Gasteiger charge is 2.33. The Bertz CT molecular complexity index is 783. The normalized spacial score (nSPS) is 17.3. The minimum Gasteiger partial charge on any atom is -0.314 e. The number of rotatable bonds is 3. The number of benzene rings is 2. The van der Waals surface area contributed by atoms with Gasteiger partial charge in [0.2, 0.25) is 0 Å². The van der Waals surface area contributed by atoms with E-state index in [1.807, 2.05) is 26.0 Å². The van der Waals surface area contributed by atoms with Gasteiger partial charge in [-0.25, -0.2) is 0 Å². The average Bonchev–Trinajstić information content (AvgIpc) is 2.60. The minimum absolute atomic E-state index is 0.299. The van der Waals surface area contributed by atoms with Crippen molar-refractivity contribution in [3.63, 3.8) is 0 Å². The minimum atomic E-state index is -4.39. The fraction of sp³-hybridized carbons (Fsp3) is 0.400. The van der Waals surface area contributed by atoms with E-state index in [-0.39, 0.29) is 6.04 Å². The van der Waals surface area contributed by atoms with Crippen LogP contribution >= 0.6 is 11.6 Å². The van der Waals surface area contributed by atoms with Crippen molar-refractivity contribution in [2.24, 2.45) is 0 Å². The maximum Gasteiger partial charge on any atom is 0.416 e. The van der Waals surface area contributed by atoms with Crippen LogP contribution in [0.15, 0.2) is 36.4 Å². The van der Waals surface area contributed by atoms with Crippen LogP contribution in [0.2, 0.25) is 5.02 Å². The molecule has 1 heterocycles. The van der Waals surface area contributed by atoms with Crippen molar-refractivity contribution in [1.82, 2.24) is 10.2 Å². The van der Waals surface area contributed by atoms with Crippen LogP contribution in [0.3, 0.4) is 0 Å². The zero-order valence-electron chi connectivity index (χ0n) is 14.8. The standard InChI is InChI=1S/C20H22ClF3N2/c1-13-3-4-14(2)16(11-13)19(26-9-7-25-8-10-26)17-12-15(20(22,23)24)5-6-18(17)21/h3-6,11-12,19,25H,7-10H2,1-2H3. The molecule has 0 radical (unpaired) electrons. The molecular formula is C20H22ClF3N2. The highest BCUT2D eigenvalue weighted by molar-refractivity contribution is 6.31. The Morgan fingerprint density at radius 2 is 1.69 bits per heavy atom. The van der Waals surface area contributed by atoms with E-state index >= 15 is 0 Å². The third-order valence-corrected chi connectivity index (χ3v) is 5.21. The molecule has 0 bridgehead atoms. The summed E-state index contributed by atoms with van der Waals surface area (Å²) in [5, 5.41) is 3.66. The molecule has 2 nitrogen and oxygen atoms in total. The molecule has 1 aliphatic heterocycles. The van der Waals surface area contributed by atoms with Gasteiger partial charge in [0, 0.05) is 31.2 Å². The SMILES string of the molecule is Cc1ccc(C)c(C(c2cc(C(F)(F)F)ccc2Cl)N2CCNCC2)c1. The summed E-state index contributed by atoms with van der Waals surface area (Å²) in [7, 11) is 0.